The molecule has 1 unspecified atom stereocenters. The van der Waals surface area contributed by atoms with E-state index in [1.54, 1.807) is 37.5 Å². The minimum Gasteiger partial charge on any atom is -0.455 e. The molecule has 0 saturated heterocycles. The van der Waals surface area contributed by atoms with Gasteiger partial charge in [-0.15, -0.1) is 0 Å². The lowest BCUT2D eigenvalue weighted by Gasteiger charge is -2.20. The summed E-state index contributed by atoms with van der Waals surface area (Å²) in [5.74, 6) is -0.0882. The highest BCUT2D eigenvalue weighted by Gasteiger charge is 2.21. The average molecular weight is 490 g/mol. The molecule has 4 heterocycles. The van der Waals surface area contributed by atoms with Gasteiger partial charge in [0.2, 0.25) is 5.82 Å². The number of H-pyrrole nitrogens is 1. The summed E-state index contributed by atoms with van der Waals surface area (Å²) in [5, 5.41) is 7.83. The van der Waals surface area contributed by atoms with Gasteiger partial charge >= 0.3 is 5.76 Å². The van der Waals surface area contributed by atoms with Crippen LogP contribution in [0.1, 0.15) is 29.7 Å². The summed E-state index contributed by atoms with van der Waals surface area (Å²) in [6.07, 6.45) is 3.33. The lowest BCUT2D eigenvalue weighted by molar-refractivity contribution is 0.388. The van der Waals surface area contributed by atoms with Gasteiger partial charge in [-0.25, -0.2) is 9.78 Å². The first kappa shape index (κ1) is 22.5. The van der Waals surface area contributed by atoms with Crippen molar-refractivity contribution in [3.63, 3.8) is 0 Å². The molecule has 0 aliphatic rings. The molecule has 2 N–H and O–H groups in total. The molecule has 0 aliphatic carbocycles. The van der Waals surface area contributed by atoms with Gasteiger partial charge in [0.25, 0.3) is 0 Å². The van der Waals surface area contributed by atoms with E-state index in [9.17, 15) is 9.59 Å². The second-order valence-electron chi connectivity index (χ2n) is 8.20. The van der Waals surface area contributed by atoms with Crippen LogP contribution in [0, 0.1) is 13.8 Å². The van der Waals surface area contributed by atoms with Gasteiger partial charge < -0.3 is 9.73 Å². The molecule has 9 nitrogen and oxygen atoms in total. The van der Waals surface area contributed by atoms with Crippen molar-refractivity contribution < 1.29 is 8.94 Å². The minimum atomic E-state index is -0.703. The first-order chi connectivity index (χ1) is 16.8. The summed E-state index contributed by atoms with van der Waals surface area (Å²) in [6, 6.07) is 10.5. The molecule has 0 fully saturated rings. The Kier molecular flexibility index (Phi) is 5.70. The second kappa shape index (κ2) is 8.84. The third-order valence-corrected chi connectivity index (χ3v) is 5.89. The lowest BCUT2D eigenvalue weighted by atomic mass is 9.99. The van der Waals surface area contributed by atoms with Crippen molar-refractivity contribution in [3.05, 3.63) is 91.4 Å². The van der Waals surface area contributed by atoms with E-state index < -0.39 is 5.76 Å². The van der Waals surface area contributed by atoms with Crippen LogP contribution in [-0.4, -0.2) is 20.1 Å². The van der Waals surface area contributed by atoms with Crippen molar-refractivity contribution in [2.75, 3.05) is 5.32 Å². The summed E-state index contributed by atoms with van der Waals surface area (Å²) in [5.41, 5.74) is 4.18. The Morgan fingerprint density at radius 3 is 2.69 bits per heavy atom. The van der Waals surface area contributed by atoms with Gasteiger partial charge in [-0.3, -0.25) is 19.3 Å². The molecule has 35 heavy (non-hydrogen) atoms. The third kappa shape index (κ3) is 4.22. The van der Waals surface area contributed by atoms with E-state index >= 15 is 0 Å². The predicted octanol–water partition coefficient (Wildman–Crippen LogP) is 5.04. The van der Waals surface area contributed by atoms with E-state index in [2.05, 4.69) is 29.9 Å². The van der Waals surface area contributed by atoms with E-state index in [0.29, 0.717) is 33.7 Å². The standard InChI is InChI=1S/C25H20ClN5O4/c1-12-9-16(14(3)28-18-6-7-19(26)29-20(18)24-30-25(33)35-31-24)23-17(10-12)21(32)13(2)22(34-23)15-5-4-8-27-11-15/h4-11,14,28H,1-3H3,(H,30,31,33). The van der Waals surface area contributed by atoms with Gasteiger partial charge in [-0.1, -0.05) is 22.8 Å². The van der Waals surface area contributed by atoms with Crippen molar-refractivity contribution in [2.24, 2.45) is 0 Å². The fourth-order valence-electron chi connectivity index (χ4n) is 4.04. The Morgan fingerprint density at radius 1 is 1.14 bits per heavy atom. The number of nitrogens with one attached hydrogen (secondary N) is 2. The van der Waals surface area contributed by atoms with E-state index in [1.165, 1.54) is 0 Å². The Morgan fingerprint density at radius 2 is 1.97 bits per heavy atom. The van der Waals surface area contributed by atoms with Gasteiger partial charge in [0.1, 0.15) is 22.2 Å². The number of aryl methyl sites for hydroxylation is 1. The number of nitrogens with zero attached hydrogens (tertiary/aromatic N) is 3. The first-order valence-corrected chi connectivity index (χ1v) is 11.2. The zero-order valence-electron chi connectivity index (χ0n) is 19.0. The minimum absolute atomic E-state index is 0.101. The second-order valence-corrected chi connectivity index (χ2v) is 8.58. The maximum Gasteiger partial charge on any atom is 0.439 e. The molecule has 5 aromatic rings. The van der Waals surface area contributed by atoms with Crippen LogP contribution in [-0.2, 0) is 0 Å². The largest absolute Gasteiger partial charge is 0.455 e. The van der Waals surface area contributed by atoms with Crippen molar-refractivity contribution in [1.82, 2.24) is 20.1 Å². The molecule has 0 saturated carbocycles. The molecule has 0 spiro atoms. The highest BCUT2D eigenvalue weighted by molar-refractivity contribution is 6.29. The van der Waals surface area contributed by atoms with Crippen molar-refractivity contribution in [1.29, 1.82) is 0 Å². The van der Waals surface area contributed by atoms with Gasteiger partial charge in [-0.2, -0.15) is 0 Å². The van der Waals surface area contributed by atoms with Crippen molar-refractivity contribution >= 4 is 28.3 Å². The van der Waals surface area contributed by atoms with Crippen molar-refractivity contribution in [2.45, 2.75) is 26.8 Å². The normalized spacial score (nSPS) is 12.1. The predicted molar refractivity (Wildman–Crippen MR) is 133 cm³/mol. The Bertz CT molecular complexity index is 1670. The molecule has 1 aromatic carbocycles. The Balaban J connectivity index is 1.65. The number of aromatic amines is 1. The number of hydrogen-bond donors (Lipinski definition) is 2. The summed E-state index contributed by atoms with van der Waals surface area (Å²) in [4.78, 5) is 35.7. The van der Waals surface area contributed by atoms with Crippen LogP contribution in [0.3, 0.4) is 0 Å². The van der Waals surface area contributed by atoms with Crippen LogP contribution in [0.4, 0.5) is 5.69 Å². The lowest BCUT2D eigenvalue weighted by Crippen LogP contribution is -2.13. The summed E-state index contributed by atoms with van der Waals surface area (Å²) in [7, 11) is 0. The number of hydrogen-bond acceptors (Lipinski definition) is 8. The highest BCUT2D eigenvalue weighted by atomic mass is 35.5. The third-order valence-electron chi connectivity index (χ3n) is 5.68. The monoisotopic (exact) mass is 489 g/mol. The van der Waals surface area contributed by atoms with Crippen LogP contribution in [0.2, 0.25) is 5.15 Å². The van der Waals surface area contributed by atoms with Crippen LogP contribution >= 0.6 is 11.6 Å². The molecule has 0 aliphatic heterocycles. The van der Waals surface area contributed by atoms with E-state index in [-0.39, 0.29) is 22.4 Å². The fraction of sp³-hybridized carbons (Fsp3) is 0.160. The molecule has 176 valence electrons. The molecule has 0 bridgehead atoms. The zero-order chi connectivity index (χ0) is 24.7. The number of halogens is 1. The molecule has 1 atom stereocenters. The van der Waals surface area contributed by atoms with E-state index in [0.717, 1.165) is 16.7 Å². The molecule has 0 amide bonds. The van der Waals surface area contributed by atoms with E-state index in [4.69, 9.17) is 16.0 Å². The highest BCUT2D eigenvalue weighted by Crippen LogP contribution is 2.33. The van der Waals surface area contributed by atoms with Crippen molar-refractivity contribution in [3.8, 4) is 22.8 Å². The average Bonchev–Trinajstić information content (AvgIpc) is 3.29. The van der Waals surface area contributed by atoms with Gasteiger partial charge in [0.15, 0.2) is 5.43 Å². The summed E-state index contributed by atoms with van der Waals surface area (Å²) < 4.78 is 11.0. The van der Waals surface area contributed by atoms with Gasteiger partial charge in [0.05, 0.1) is 17.1 Å². The fourth-order valence-corrected chi connectivity index (χ4v) is 4.18. The molecular formula is C25H20ClN5O4. The van der Waals surface area contributed by atoms with E-state index in [1.807, 2.05) is 32.0 Å². The maximum atomic E-state index is 13.3. The number of rotatable bonds is 5. The smallest absolute Gasteiger partial charge is 0.439 e. The number of anilines is 1. The molecule has 5 rings (SSSR count). The number of fused-ring (bicyclic) bond motifs is 1. The zero-order valence-corrected chi connectivity index (χ0v) is 19.8. The molecule has 4 aromatic heterocycles. The molecular weight excluding hydrogens is 470 g/mol. The Labute approximate surface area is 203 Å². The molecule has 10 heteroatoms. The summed E-state index contributed by atoms with van der Waals surface area (Å²) in [6.45, 7) is 5.61. The number of benzene rings is 1. The van der Waals surface area contributed by atoms with Gasteiger partial charge in [-0.05, 0) is 56.7 Å². The van der Waals surface area contributed by atoms with Crippen LogP contribution in [0.15, 0.2) is 67.3 Å². The topological polar surface area (TPSA) is 127 Å². The Hall–Kier alpha value is -4.24. The first-order valence-electron chi connectivity index (χ1n) is 10.8. The van der Waals surface area contributed by atoms with Crippen LogP contribution in [0.5, 0.6) is 0 Å². The van der Waals surface area contributed by atoms with Crippen LogP contribution in [0.25, 0.3) is 33.8 Å². The maximum absolute atomic E-state index is 13.3. The van der Waals surface area contributed by atoms with Crippen LogP contribution < -0.4 is 16.5 Å². The SMILES string of the molecule is Cc1cc(C(C)Nc2ccc(Cl)nc2-c2noc(=O)[nH]2)c2oc(-c3cccnc3)c(C)c(=O)c2c1. The quantitative estimate of drug-likeness (QED) is 0.329. The van der Waals surface area contributed by atoms with Gasteiger partial charge in [0, 0.05) is 29.1 Å². The summed E-state index contributed by atoms with van der Waals surface area (Å²) >= 11 is 6.09. The number of pyridine rings is 2. The number of aromatic nitrogens is 4. The molecule has 0 radical (unpaired) electrons.